The number of hydrogen-bond donors (Lipinski definition) is 1. The lowest BCUT2D eigenvalue weighted by molar-refractivity contribution is -0.151. The molecular formula is C27H40N2O3. The van der Waals surface area contributed by atoms with Gasteiger partial charge in [-0.05, 0) is 106 Å². The third kappa shape index (κ3) is 3.41. The van der Waals surface area contributed by atoms with Crippen LogP contribution in [0.25, 0.3) is 0 Å². The van der Waals surface area contributed by atoms with E-state index in [-0.39, 0.29) is 23.7 Å². The standard InChI is InChI=1S/C27H40N2O3/c1-17(30)18-14-28-29(15-18)16-24(31)23-8-7-21-20-6-5-19-13-25(2,32)11-12-26(19,3)22(20)9-10-27(21,23)4/h14-15,19-23,32H,5-13,16H2,1-4H3/t19-,20-,21-,22-,23+,25+,26-,27-/m0/s1. The number of carbonyl (C=O) groups excluding carboxylic acids is 2. The van der Waals surface area contributed by atoms with E-state index in [9.17, 15) is 14.7 Å². The summed E-state index contributed by atoms with van der Waals surface area (Å²) in [6, 6.07) is 0. The van der Waals surface area contributed by atoms with Crippen LogP contribution in [0.2, 0.25) is 0 Å². The summed E-state index contributed by atoms with van der Waals surface area (Å²) in [5.41, 5.74) is 0.537. The molecule has 0 aliphatic heterocycles. The maximum Gasteiger partial charge on any atom is 0.162 e. The topological polar surface area (TPSA) is 72.2 Å². The molecule has 32 heavy (non-hydrogen) atoms. The van der Waals surface area contributed by atoms with Gasteiger partial charge in [-0.1, -0.05) is 13.8 Å². The molecule has 0 radical (unpaired) electrons. The molecule has 4 fully saturated rings. The first-order chi connectivity index (χ1) is 15.0. The second-order valence-corrected chi connectivity index (χ2v) is 12.5. The number of ketones is 2. The van der Waals surface area contributed by atoms with Gasteiger partial charge in [-0.2, -0.15) is 5.10 Å². The van der Waals surface area contributed by atoms with E-state index in [1.54, 1.807) is 17.1 Å². The Morgan fingerprint density at radius 2 is 1.78 bits per heavy atom. The Balaban J connectivity index is 1.32. The van der Waals surface area contributed by atoms with Crippen molar-refractivity contribution in [1.82, 2.24) is 9.78 Å². The predicted octanol–water partition coefficient (Wildman–Crippen LogP) is 5.06. The largest absolute Gasteiger partial charge is 0.390 e. The highest BCUT2D eigenvalue weighted by atomic mass is 16.3. The Bertz CT molecular complexity index is 920. The number of nitrogens with zero attached hydrogens (tertiary/aromatic N) is 2. The molecule has 1 aromatic rings. The van der Waals surface area contributed by atoms with E-state index < -0.39 is 5.60 Å². The third-order valence-corrected chi connectivity index (χ3v) is 10.7. The van der Waals surface area contributed by atoms with E-state index in [1.807, 2.05) is 6.92 Å². The second-order valence-electron chi connectivity index (χ2n) is 12.5. The highest BCUT2D eigenvalue weighted by molar-refractivity contribution is 5.93. The minimum atomic E-state index is -0.486. The molecule has 0 aromatic carbocycles. The van der Waals surface area contributed by atoms with E-state index in [1.165, 1.54) is 32.6 Å². The van der Waals surface area contributed by atoms with Crippen LogP contribution < -0.4 is 0 Å². The van der Waals surface area contributed by atoms with Crippen LogP contribution in [0, 0.1) is 40.4 Å². The average Bonchev–Trinajstić information content (AvgIpc) is 3.32. The van der Waals surface area contributed by atoms with Gasteiger partial charge in [0.05, 0.1) is 23.9 Å². The van der Waals surface area contributed by atoms with Crippen molar-refractivity contribution in [3.8, 4) is 0 Å². The van der Waals surface area contributed by atoms with Gasteiger partial charge in [0.2, 0.25) is 0 Å². The Morgan fingerprint density at radius 1 is 1.03 bits per heavy atom. The van der Waals surface area contributed by atoms with Crippen LogP contribution in [0.3, 0.4) is 0 Å². The van der Waals surface area contributed by atoms with Gasteiger partial charge in [0.15, 0.2) is 11.6 Å². The van der Waals surface area contributed by atoms with Crippen LogP contribution in [0.5, 0.6) is 0 Å². The molecular weight excluding hydrogens is 400 g/mol. The fourth-order valence-electron chi connectivity index (χ4n) is 8.86. The van der Waals surface area contributed by atoms with Crippen LogP contribution in [-0.2, 0) is 11.3 Å². The van der Waals surface area contributed by atoms with Crippen molar-refractivity contribution in [1.29, 1.82) is 0 Å². The molecule has 0 bridgehead atoms. The van der Waals surface area contributed by atoms with Crippen LogP contribution >= 0.6 is 0 Å². The van der Waals surface area contributed by atoms with E-state index in [0.29, 0.717) is 28.6 Å². The minimum absolute atomic E-state index is 0.0109. The van der Waals surface area contributed by atoms with E-state index in [2.05, 4.69) is 18.9 Å². The maximum absolute atomic E-state index is 13.4. The molecule has 0 spiro atoms. The van der Waals surface area contributed by atoms with E-state index >= 15 is 0 Å². The molecule has 4 saturated carbocycles. The number of hydrogen-bond acceptors (Lipinski definition) is 4. The highest BCUT2D eigenvalue weighted by Gasteiger charge is 2.61. The Labute approximate surface area is 192 Å². The smallest absolute Gasteiger partial charge is 0.162 e. The van der Waals surface area contributed by atoms with Gasteiger partial charge in [-0.15, -0.1) is 0 Å². The lowest BCUT2D eigenvalue weighted by atomic mass is 9.44. The number of rotatable bonds is 4. The molecule has 0 unspecified atom stereocenters. The first kappa shape index (κ1) is 22.3. The Morgan fingerprint density at radius 3 is 2.50 bits per heavy atom. The van der Waals surface area contributed by atoms with Crippen molar-refractivity contribution in [3.63, 3.8) is 0 Å². The van der Waals surface area contributed by atoms with Crippen molar-refractivity contribution in [2.24, 2.45) is 40.4 Å². The van der Waals surface area contributed by atoms with Crippen LogP contribution in [-0.4, -0.2) is 32.1 Å². The zero-order chi connectivity index (χ0) is 22.9. The normalized spacial score (nSPS) is 45.6. The van der Waals surface area contributed by atoms with Crippen molar-refractivity contribution in [2.75, 3.05) is 0 Å². The molecule has 4 aliphatic carbocycles. The van der Waals surface area contributed by atoms with Crippen molar-refractivity contribution in [3.05, 3.63) is 18.0 Å². The van der Waals surface area contributed by atoms with Crippen LogP contribution in [0.1, 0.15) is 95.8 Å². The fourth-order valence-corrected chi connectivity index (χ4v) is 8.86. The zero-order valence-corrected chi connectivity index (χ0v) is 20.3. The summed E-state index contributed by atoms with van der Waals surface area (Å²) in [5.74, 6) is 3.14. The van der Waals surface area contributed by atoms with Crippen LogP contribution in [0.4, 0.5) is 0 Å². The summed E-state index contributed by atoms with van der Waals surface area (Å²) in [6.45, 7) is 8.76. The number of Topliss-reactive ketones (excluding diaryl/α,β-unsaturated/α-hetero) is 2. The summed E-state index contributed by atoms with van der Waals surface area (Å²) >= 11 is 0. The average molecular weight is 441 g/mol. The third-order valence-electron chi connectivity index (χ3n) is 10.7. The molecule has 0 amide bonds. The van der Waals surface area contributed by atoms with E-state index in [4.69, 9.17) is 0 Å². The van der Waals surface area contributed by atoms with Gasteiger partial charge >= 0.3 is 0 Å². The monoisotopic (exact) mass is 440 g/mol. The molecule has 1 aromatic heterocycles. The maximum atomic E-state index is 13.4. The molecule has 1 N–H and O–H groups in total. The number of aromatic nitrogens is 2. The van der Waals surface area contributed by atoms with E-state index in [0.717, 1.165) is 43.9 Å². The van der Waals surface area contributed by atoms with Gasteiger partial charge in [0.25, 0.3) is 0 Å². The minimum Gasteiger partial charge on any atom is -0.390 e. The summed E-state index contributed by atoms with van der Waals surface area (Å²) in [5, 5.41) is 15.0. The van der Waals surface area contributed by atoms with Crippen molar-refractivity contribution < 1.29 is 14.7 Å². The summed E-state index contributed by atoms with van der Waals surface area (Å²) in [7, 11) is 0. The van der Waals surface area contributed by atoms with Gasteiger partial charge in [-0.3, -0.25) is 14.3 Å². The summed E-state index contributed by atoms with van der Waals surface area (Å²) < 4.78 is 1.65. The van der Waals surface area contributed by atoms with Gasteiger partial charge in [0.1, 0.15) is 0 Å². The molecule has 0 saturated heterocycles. The zero-order valence-electron chi connectivity index (χ0n) is 20.3. The first-order valence-electron chi connectivity index (χ1n) is 12.8. The molecule has 176 valence electrons. The Hall–Kier alpha value is -1.49. The van der Waals surface area contributed by atoms with Crippen molar-refractivity contribution >= 4 is 11.6 Å². The predicted molar refractivity (Wildman–Crippen MR) is 123 cm³/mol. The molecule has 8 atom stereocenters. The van der Waals surface area contributed by atoms with Gasteiger partial charge < -0.3 is 5.11 Å². The second kappa shape index (κ2) is 7.51. The fraction of sp³-hybridized carbons (Fsp3) is 0.815. The Kier molecular flexibility index (Phi) is 5.24. The SMILES string of the molecule is CC(=O)c1cnn(CC(=O)[C@H]2CC[C@H]3[C@@H]4CC[C@H]5C[C@](C)(O)CC[C@]5(C)[C@H]4CC[C@]23C)c1. The number of carbonyl (C=O) groups is 2. The quantitative estimate of drug-likeness (QED) is 0.664. The van der Waals surface area contributed by atoms with Gasteiger partial charge in [-0.25, -0.2) is 0 Å². The molecule has 4 aliphatic rings. The molecule has 5 heteroatoms. The highest BCUT2D eigenvalue weighted by Crippen LogP contribution is 2.68. The lowest BCUT2D eigenvalue weighted by Gasteiger charge is -2.61. The molecule has 5 rings (SSSR count). The van der Waals surface area contributed by atoms with Crippen LogP contribution in [0.15, 0.2) is 12.4 Å². The first-order valence-corrected chi connectivity index (χ1v) is 12.8. The number of aliphatic hydroxyl groups is 1. The number of fused-ring (bicyclic) bond motifs is 5. The molecule has 1 heterocycles. The lowest BCUT2D eigenvalue weighted by Crippen LogP contribution is -2.55. The van der Waals surface area contributed by atoms with Crippen molar-refractivity contribution in [2.45, 2.75) is 97.6 Å². The summed E-state index contributed by atoms with van der Waals surface area (Å²) in [6.07, 6.45) is 13.4. The molecule has 5 nitrogen and oxygen atoms in total. The van der Waals surface area contributed by atoms with Gasteiger partial charge in [0, 0.05) is 12.1 Å². The summed E-state index contributed by atoms with van der Waals surface area (Å²) in [4.78, 5) is 25.0.